The molecule has 0 heterocycles. The zero-order chi connectivity index (χ0) is 14.0. The normalized spacial score (nSPS) is 11.0. The van der Waals surface area contributed by atoms with Gasteiger partial charge in [0, 0.05) is 6.42 Å². The summed E-state index contributed by atoms with van der Waals surface area (Å²) < 4.78 is 0. The van der Waals surface area contributed by atoms with Crippen LogP contribution >= 0.6 is 0 Å². The molecule has 1 aromatic rings. The van der Waals surface area contributed by atoms with E-state index in [2.05, 4.69) is 5.73 Å². The van der Waals surface area contributed by atoms with E-state index in [1.807, 2.05) is 30.3 Å². The predicted octanol–water partition coefficient (Wildman–Crippen LogP) is -0.309. The molecule has 0 saturated heterocycles. The number of carboxylic acids is 2. The molecule has 6 N–H and O–H groups in total. The van der Waals surface area contributed by atoms with Gasteiger partial charge in [-0.2, -0.15) is 5.48 Å². The number of carboxylic acid groups (broad SMARTS) is 2. The fraction of sp³-hybridized carbons (Fsp3) is 0.273. The Balaban J connectivity index is 0.000000494. The second kappa shape index (κ2) is 9.11. The molecule has 1 rings (SSSR count). The fourth-order valence-corrected chi connectivity index (χ4v) is 1.04. The Bertz CT molecular complexity index is 369. The van der Waals surface area contributed by atoms with Crippen molar-refractivity contribution in [3.05, 3.63) is 35.9 Å². The Morgan fingerprint density at radius 3 is 2.06 bits per heavy atom. The van der Waals surface area contributed by atoms with Crippen LogP contribution < -0.4 is 11.2 Å². The lowest BCUT2D eigenvalue weighted by Crippen LogP contribution is -2.36. The van der Waals surface area contributed by atoms with Gasteiger partial charge in [-0.25, -0.2) is 0 Å². The molecule has 18 heavy (non-hydrogen) atoms. The minimum atomic E-state index is -1.06. The molecule has 0 spiro atoms. The van der Waals surface area contributed by atoms with E-state index >= 15 is 0 Å². The van der Waals surface area contributed by atoms with E-state index in [9.17, 15) is 9.59 Å². The molecule has 100 valence electrons. The van der Waals surface area contributed by atoms with Crippen LogP contribution in [0.4, 0.5) is 0 Å². The zero-order valence-electron chi connectivity index (χ0n) is 9.61. The van der Waals surface area contributed by atoms with Crippen molar-refractivity contribution in [2.75, 3.05) is 6.54 Å². The van der Waals surface area contributed by atoms with Crippen LogP contribution in [-0.2, 0) is 16.0 Å². The summed E-state index contributed by atoms with van der Waals surface area (Å²) in [7, 11) is 0. The van der Waals surface area contributed by atoms with Crippen molar-refractivity contribution in [1.29, 1.82) is 0 Å². The van der Waals surface area contributed by atoms with Crippen molar-refractivity contribution in [1.82, 2.24) is 5.48 Å². The van der Waals surface area contributed by atoms with E-state index in [-0.39, 0.29) is 13.0 Å². The van der Waals surface area contributed by atoms with Gasteiger partial charge < -0.3 is 21.2 Å². The van der Waals surface area contributed by atoms with Crippen molar-refractivity contribution in [2.45, 2.75) is 12.5 Å². The summed E-state index contributed by atoms with van der Waals surface area (Å²) in [6, 6.07) is 8.19. The molecule has 1 atom stereocenters. The molecule has 0 fully saturated rings. The summed E-state index contributed by atoms with van der Waals surface area (Å²) in [4.78, 5) is 19.8. The van der Waals surface area contributed by atoms with Crippen molar-refractivity contribution in [3.8, 4) is 0 Å². The van der Waals surface area contributed by atoms with Crippen LogP contribution in [0.5, 0.6) is 0 Å². The molecule has 0 bridgehead atoms. The molecule has 0 unspecified atom stereocenters. The SMILES string of the molecule is NCC(=O)O.O=C(O)[C@H](Cc1ccccc1)NO. The molecule has 7 nitrogen and oxygen atoms in total. The van der Waals surface area contributed by atoms with Crippen LogP contribution in [-0.4, -0.2) is 39.9 Å². The zero-order valence-corrected chi connectivity index (χ0v) is 9.61. The number of hydrogen-bond donors (Lipinski definition) is 5. The highest BCUT2D eigenvalue weighted by molar-refractivity contribution is 5.73. The fourth-order valence-electron chi connectivity index (χ4n) is 1.04. The Hall–Kier alpha value is -1.96. The number of nitrogens with two attached hydrogens (primary N) is 1. The largest absolute Gasteiger partial charge is 0.480 e. The average molecular weight is 256 g/mol. The highest BCUT2D eigenvalue weighted by Crippen LogP contribution is 2.02. The smallest absolute Gasteiger partial charge is 0.323 e. The highest BCUT2D eigenvalue weighted by atomic mass is 16.5. The maximum absolute atomic E-state index is 10.5. The van der Waals surface area contributed by atoms with Crippen LogP contribution in [0.25, 0.3) is 0 Å². The lowest BCUT2D eigenvalue weighted by atomic mass is 10.1. The van der Waals surface area contributed by atoms with Crippen LogP contribution in [0.2, 0.25) is 0 Å². The standard InChI is InChI=1S/C9H11NO3.C2H5NO2/c11-9(12)8(10-13)6-7-4-2-1-3-5-7;3-1-2(4)5/h1-5,8,10,13H,6H2,(H,11,12);1,3H2,(H,4,5)/t8-;/m0./s1. The molecular weight excluding hydrogens is 240 g/mol. The third-order valence-corrected chi connectivity index (χ3v) is 1.91. The van der Waals surface area contributed by atoms with Crippen LogP contribution in [0.1, 0.15) is 5.56 Å². The van der Waals surface area contributed by atoms with Crippen molar-refractivity contribution in [3.63, 3.8) is 0 Å². The van der Waals surface area contributed by atoms with E-state index in [0.717, 1.165) is 5.56 Å². The summed E-state index contributed by atoms with van der Waals surface area (Å²) in [5, 5.41) is 24.7. The monoisotopic (exact) mass is 256 g/mol. The van der Waals surface area contributed by atoms with Crippen molar-refractivity contribution < 1.29 is 25.0 Å². The molecule has 0 aliphatic carbocycles. The maximum Gasteiger partial charge on any atom is 0.323 e. The minimum absolute atomic E-state index is 0.271. The Morgan fingerprint density at radius 1 is 1.22 bits per heavy atom. The topological polar surface area (TPSA) is 133 Å². The second-order valence-electron chi connectivity index (χ2n) is 3.31. The number of benzene rings is 1. The van der Waals surface area contributed by atoms with Gasteiger partial charge in [0.2, 0.25) is 0 Å². The Labute approximate surface area is 104 Å². The van der Waals surface area contributed by atoms with Gasteiger partial charge in [0.15, 0.2) is 0 Å². The quantitative estimate of drug-likeness (QED) is 0.456. The number of nitrogens with one attached hydrogen (secondary N) is 1. The van der Waals surface area contributed by atoms with Gasteiger partial charge in [0.1, 0.15) is 6.04 Å². The number of rotatable bonds is 5. The third kappa shape index (κ3) is 7.34. The Kier molecular flexibility index (Phi) is 8.12. The van der Waals surface area contributed by atoms with E-state index in [1.54, 1.807) is 5.48 Å². The number of carbonyl (C=O) groups is 2. The summed E-state index contributed by atoms with van der Waals surface area (Å²) in [5.41, 5.74) is 7.19. The molecule has 0 aliphatic rings. The highest BCUT2D eigenvalue weighted by Gasteiger charge is 2.15. The summed E-state index contributed by atoms with van der Waals surface area (Å²) in [5.74, 6) is -2.03. The van der Waals surface area contributed by atoms with E-state index in [1.165, 1.54) is 0 Å². The number of hydrogen-bond acceptors (Lipinski definition) is 5. The first-order chi connectivity index (χ1) is 8.51. The Morgan fingerprint density at radius 2 is 1.72 bits per heavy atom. The molecule has 1 aromatic carbocycles. The molecule has 0 radical (unpaired) electrons. The van der Waals surface area contributed by atoms with Gasteiger partial charge >= 0.3 is 11.9 Å². The molecule has 7 heteroatoms. The van der Waals surface area contributed by atoms with Crippen LogP contribution in [0, 0.1) is 0 Å². The number of aliphatic carboxylic acids is 2. The maximum atomic E-state index is 10.5. The first-order valence-corrected chi connectivity index (χ1v) is 5.09. The average Bonchev–Trinajstić information content (AvgIpc) is 2.37. The first kappa shape index (κ1) is 16.0. The van der Waals surface area contributed by atoms with E-state index in [0.29, 0.717) is 0 Å². The summed E-state index contributed by atoms with van der Waals surface area (Å²) >= 11 is 0. The van der Waals surface area contributed by atoms with Gasteiger partial charge in [-0.15, -0.1) is 0 Å². The van der Waals surface area contributed by atoms with Gasteiger partial charge in [0.25, 0.3) is 0 Å². The van der Waals surface area contributed by atoms with Gasteiger partial charge in [-0.05, 0) is 5.56 Å². The third-order valence-electron chi connectivity index (χ3n) is 1.91. The molecular formula is C11H16N2O5. The lowest BCUT2D eigenvalue weighted by molar-refractivity contribution is -0.142. The molecule has 0 aromatic heterocycles. The van der Waals surface area contributed by atoms with Crippen molar-refractivity contribution >= 4 is 11.9 Å². The van der Waals surface area contributed by atoms with E-state index < -0.39 is 18.0 Å². The number of hydroxylamine groups is 1. The van der Waals surface area contributed by atoms with E-state index in [4.69, 9.17) is 15.4 Å². The first-order valence-electron chi connectivity index (χ1n) is 5.09. The van der Waals surface area contributed by atoms with Crippen LogP contribution in [0.15, 0.2) is 30.3 Å². The van der Waals surface area contributed by atoms with Gasteiger partial charge in [-0.3, -0.25) is 9.59 Å². The second-order valence-corrected chi connectivity index (χ2v) is 3.31. The molecule has 0 saturated carbocycles. The minimum Gasteiger partial charge on any atom is -0.480 e. The lowest BCUT2D eigenvalue weighted by Gasteiger charge is -2.09. The summed E-state index contributed by atoms with van der Waals surface area (Å²) in [6.45, 7) is -0.278. The van der Waals surface area contributed by atoms with Crippen molar-refractivity contribution in [2.24, 2.45) is 5.73 Å². The predicted molar refractivity (Wildman–Crippen MR) is 63.2 cm³/mol. The van der Waals surface area contributed by atoms with Gasteiger partial charge in [-0.1, -0.05) is 30.3 Å². The molecule has 0 aliphatic heterocycles. The summed E-state index contributed by atoms with van der Waals surface area (Å²) in [6.07, 6.45) is 0.271. The van der Waals surface area contributed by atoms with Crippen LogP contribution in [0.3, 0.4) is 0 Å². The molecule has 0 amide bonds. The van der Waals surface area contributed by atoms with Gasteiger partial charge in [0.05, 0.1) is 6.54 Å².